The van der Waals surface area contributed by atoms with Crippen molar-refractivity contribution in [1.29, 1.82) is 0 Å². The lowest BCUT2D eigenvalue weighted by Crippen LogP contribution is -2.08. The summed E-state index contributed by atoms with van der Waals surface area (Å²) >= 11 is 0. The van der Waals surface area contributed by atoms with E-state index in [4.69, 9.17) is 4.74 Å². The highest BCUT2D eigenvalue weighted by Crippen LogP contribution is 2.16. The number of rotatable bonds is 3. The van der Waals surface area contributed by atoms with Crippen LogP contribution in [0.1, 0.15) is 23.0 Å². The molecule has 0 spiro atoms. The molecule has 0 N–H and O–H groups in total. The molecule has 4 heteroatoms. The fourth-order valence-electron chi connectivity index (χ4n) is 1.22. The van der Waals surface area contributed by atoms with E-state index in [0.29, 0.717) is 11.4 Å². The number of Topliss-reactive ketones (excluding diaryl/α,β-unsaturated/α-hetero) is 1. The molecule has 0 radical (unpaired) electrons. The number of aryl methyl sites for hydroxylation is 1. The molecule has 0 aromatic carbocycles. The van der Waals surface area contributed by atoms with Gasteiger partial charge in [0.15, 0.2) is 5.78 Å². The van der Waals surface area contributed by atoms with Crippen LogP contribution in [-0.4, -0.2) is 25.7 Å². The molecular weight excluding hydrogens is 177 g/mol. The van der Waals surface area contributed by atoms with E-state index in [-0.39, 0.29) is 11.6 Å². The minimum absolute atomic E-state index is 0.00361. The second-order valence-electron chi connectivity index (χ2n) is 3.51. The molecule has 1 rings (SSSR count). The fourth-order valence-corrected chi connectivity index (χ4v) is 1.22. The Labute approximate surface area is 84.9 Å². The second-order valence-corrected chi connectivity index (χ2v) is 3.51. The number of hydrogen-bond donors (Lipinski definition) is 0. The number of carbonyl (C=O) groups excluding carboxylic acids is 1. The highest BCUT2D eigenvalue weighted by Gasteiger charge is 2.13. The smallest absolute Gasteiger partial charge is 0.213 e. The van der Waals surface area contributed by atoms with Crippen molar-refractivity contribution in [3.63, 3.8) is 0 Å². The first-order chi connectivity index (χ1) is 6.56. The molecule has 0 aliphatic heterocycles. The van der Waals surface area contributed by atoms with Crippen LogP contribution in [0.3, 0.4) is 0 Å². The molecular formula is C10H14BNO2. The zero-order valence-corrected chi connectivity index (χ0v) is 9.00. The summed E-state index contributed by atoms with van der Waals surface area (Å²) in [4.78, 5) is 15.8. The normalized spacial score (nSPS) is 12.2. The Kier molecular flexibility index (Phi) is 3.28. The van der Waals surface area contributed by atoms with Crippen LogP contribution in [-0.2, 0) is 0 Å². The average molecular weight is 191 g/mol. The van der Waals surface area contributed by atoms with Gasteiger partial charge in [-0.1, -0.05) is 6.92 Å². The lowest BCUT2D eigenvalue weighted by atomic mass is 9.82. The maximum atomic E-state index is 11.7. The molecule has 1 unspecified atom stereocenters. The molecule has 0 bridgehead atoms. The van der Waals surface area contributed by atoms with E-state index in [2.05, 4.69) is 4.98 Å². The second kappa shape index (κ2) is 4.27. The summed E-state index contributed by atoms with van der Waals surface area (Å²) in [6.07, 6.45) is 0. The third-order valence-corrected chi connectivity index (χ3v) is 2.06. The standard InChI is InChI=1S/C10H14BNO2/c1-6(11)10(13)8-4-5-9(14-3)12-7(8)2/h4-6H,11H2,1-3H3. The van der Waals surface area contributed by atoms with Gasteiger partial charge in [-0.05, 0) is 18.8 Å². The molecule has 14 heavy (non-hydrogen) atoms. The van der Waals surface area contributed by atoms with E-state index in [1.165, 1.54) is 0 Å². The minimum Gasteiger partial charge on any atom is -0.481 e. The molecule has 3 nitrogen and oxygen atoms in total. The van der Waals surface area contributed by atoms with Crippen molar-refractivity contribution in [3.05, 3.63) is 23.4 Å². The van der Waals surface area contributed by atoms with E-state index in [1.54, 1.807) is 19.2 Å². The van der Waals surface area contributed by atoms with Crippen LogP contribution >= 0.6 is 0 Å². The van der Waals surface area contributed by atoms with Gasteiger partial charge in [0, 0.05) is 11.6 Å². The van der Waals surface area contributed by atoms with Crippen molar-refractivity contribution in [2.24, 2.45) is 0 Å². The number of ketones is 1. The summed E-state index contributed by atoms with van der Waals surface area (Å²) in [5, 5.41) is 0. The molecule has 1 aromatic heterocycles. The number of carbonyl (C=O) groups is 1. The molecule has 1 aromatic rings. The summed E-state index contributed by atoms with van der Waals surface area (Å²) < 4.78 is 4.97. The van der Waals surface area contributed by atoms with Gasteiger partial charge in [-0.3, -0.25) is 4.79 Å². The van der Waals surface area contributed by atoms with Crippen molar-refractivity contribution in [3.8, 4) is 5.88 Å². The maximum absolute atomic E-state index is 11.7. The predicted octanol–water partition coefficient (Wildman–Crippen LogP) is 1.02. The van der Waals surface area contributed by atoms with Crippen LogP contribution in [0.15, 0.2) is 12.1 Å². The van der Waals surface area contributed by atoms with Crippen LogP contribution in [0.5, 0.6) is 5.88 Å². The molecule has 0 fully saturated rings. The maximum Gasteiger partial charge on any atom is 0.213 e. The van der Waals surface area contributed by atoms with Gasteiger partial charge in [0.05, 0.1) is 12.8 Å². The number of pyridine rings is 1. The number of ether oxygens (including phenoxy) is 1. The average Bonchev–Trinajstić information content (AvgIpc) is 2.16. The zero-order chi connectivity index (χ0) is 10.7. The van der Waals surface area contributed by atoms with E-state index < -0.39 is 0 Å². The Balaban J connectivity index is 3.06. The van der Waals surface area contributed by atoms with Crippen LogP contribution in [0.4, 0.5) is 0 Å². The minimum atomic E-state index is 0.00361. The Hall–Kier alpha value is -1.32. The van der Waals surface area contributed by atoms with Gasteiger partial charge >= 0.3 is 0 Å². The summed E-state index contributed by atoms with van der Waals surface area (Å²) in [6, 6.07) is 3.48. The van der Waals surface area contributed by atoms with Gasteiger partial charge in [-0.2, -0.15) is 0 Å². The van der Waals surface area contributed by atoms with Crippen molar-refractivity contribution < 1.29 is 9.53 Å². The Morgan fingerprint density at radius 3 is 2.64 bits per heavy atom. The summed E-state index contributed by atoms with van der Waals surface area (Å²) in [6.45, 7) is 3.70. The SMILES string of the molecule is BC(C)C(=O)c1ccc(OC)nc1C. The Morgan fingerprint density at radius 1 is 1.57 bits per heavy atom. The number of nitrogens with zero attached hydrogens (tertiary/aromatic N) is 1. The van der Waals surface area contributed by atoms with Gasteiger partial charge in [0.25, 0.3) is 0 Å². The quantitative estimate of drug-likeness (QED) is 0.528. The largest absolute Gasteiger partial charge is 0.481 e. The molecule has 0 amide bonds. The van der Waals surface area contributed by atoms with Gasteiger partial charge in [0.2, 0.25) is 5.88 Å². The van der Waals surface area contributed by atoms with Crippen LogP contribution in [0.25, 0.3) is 0 Å². The highest BCUT2D eigenvalue weighted by molar-refractivity contribution is 6.27. The van der Waals surface area contributed by atoms with Crippen molar-refractivity contribution in [2.45, 2.75) is 19.7 Å². The summed E-state index contributed by atoms with van der Waals surface area (Å²) in [7, 11) is 3.44. The Bertz CT molecular complexity index is 350. The van der Waals surface area contributed by atoms with Crippen molar-refractivity contribution in [1.82, 2.24) is 4.98 Å². The molecule has 0 aliphatic rings. The molecule has 0 saturated carbocycles. The molecule has 0 saturated heterocycles. The van der Waals surface area contributed by atoms with Crippen LogP contribution in [0.2, 0.25) is 5.82 Å². The topological polar surface area (TPSA) is 39.2 Å². The van der Waals surface area contributed by atoms with E-state index in [9.17, 15) is 4.79 Å². The van der Waals surface area contributed by atoms with Gasteiger partial charge in [-0.15, -0.1) is 0 Å². The number of hydrogen-bond acceptors (Lipinski definition) is 3. The lowest BCUT2D eigenvalue weighted by Gasteiger charge is -2.07. The van der Waals surface area contributed by atoms with Crippen LogP contribution < -0.4 is 4.74 Å². The van der Waals surface area contributed by atoms with E-state index in [1.807, 2.05) is 21.7 Å². The number of aromatic nitrogens is 1. The van der Waals surface area contributed by atoms with E-state index >= 15 is 0 Å². The van der Waals surface area contributed by atoms with Gasteiger partial charge < -0.3 is 4.74 Å². The Morgan fingerprint density at radius 2 is 2.21 bits per heavy atom. The molecule has 1 atom stereocenters. The monoisotopic (exact) mass is 191 g/mol. The zero-order valence-electron chi connectivity index (χ0n) is 9.00. The molecule has 1 heterocycles. The first kappa shape index (κ1) is 10.8. The van der Waals surface area contributed by atoms with Crippen molar-refractivity contribution >= 4 is 13.6 Å². The summed E-state index contributed by atoms with van der Waals surface area (Å²) in [5.41, 5.74) is 1.41. The van der Waals surface area contributed by atoms with Crippen molar-refractivity contribution in [2.75, 3.05) is 7.11 Å². The fraction of sp³-hybridized carbons (Fsp3) is 0.400. The molecule has 74 valence electrons. The van der Waals surface area contributed by atoms with Crippen LogP contribution in [0, 0.1) is 6.92 Å². The van der Waals surface area contributed by atoms with Gasteiger partial charge in [0.1, 0.15) is 7.85 Å². The third kappa shape index (κ3) is 2.13. The first-order valence-electron chi connectivity index (χ1n) is 4.62. The van der Waals surface area contributed by atoms with Gasteiger partial charge in [-0.25, -0.2) is 4.98 Å². The third-order valence-electron chi connectivity index (χ3n) is 2.06. The highest BCUT2D eigenvalue weighted by atomic mass is 16.5. The predicted molar refractivity (Wildman–Crippen MR) is 57.8 cm³/mol. The first-order valence-corrected chi connectivity index (χ1v) is 4.62. The lowest BCUT2D eigenvalue weighted by molar-refractivity contribution is 0.0988. The van der Waals surface area contributed by atoms with E-state index in [0.717, 1.165) is 5.69 Å². The number of methoxy groups -OCH3 is 1. The molecule has 0 aliphatic carbocycles. The summed E-state index contributed by atoms with van der Waals surface area (Å²) in [5.74, 6) is 0.671.